The summed E-state index contributed by atoms with van der Waals surface area (Å²) in [6, 6.07) is 3.75. The Hall–Kier alpha value is -0.710. The molecule has 10 heteroatoms. The number of carbonyl (C=O) groups excluding carboxylic acids is 1. The van der Waals surface area contributed by atoms with Crippen LogP contribution in [0.25, 0.3) is 0 Å². The van der Waals surface area contributed by atoms with E-state index in [1.807, 2.05) is 11.4 Å². The van der Waals surface area contributed by atoms with Gasteiger partial charge in [0.25, 0.3) is 0 Å². The van der Waals surface area contributed by atoms with Crippen molar-refractivity contribution in [2.45, 2.75) is 18.5 Å². The van der Waals surface area contributed by atoms with Gasteiger partial charge in [0.15, 0.2) is 0 Å². The fraction of sp³-hybridized carbons (Fsp3) is 0.286. The van der Waals surface area contributed by atoms with E-state index in [1.54, 1.807) is 6.20 Å². The van der Waals surface area contributed by atoms with Crippen LogP contribution >= 0.6 is 51.0 Å². The number of aromatic nitrogens is 1. The van der Waals surface area contributed by atoms with E-state index in [9.17, 15) is 9.18 Å². The minimum absolute atomic E-state index is 0.0185. The first-order valence-electron chi connectivity index (χ1n) is 6.96. The van der Waals surface area contributed by atoms with Gasteiger partial charge in [0.2, 0.25) is 5.91 Å². The lowest BCUT2D eigenvalue weighted by atomic mass is 10.1. The van der Waals surface area contributed by atoms with Gasteiger partial charge in [0.1, 0.15) is 16.9 Å². The summed E-state index contributed by atoms with van der Waals surface area (Å²) in [5.74, 6) is -0.687. The van der Waals surface area contributed by atoms with Gasteiger partial charge >= 0.3 is 0 Å². The molecular formula is C14H13BrClFN4OS2. The van der Waals surface area contributed by atoms with Crippen molar-refractivity contribution < 1.29 is 9.18 Å². The van der Waals surface area contributed by atoms with Crippen LogP contribution in [0.4, 0.5) is 10.1 Å². The molecule has 0 bridgehead atoms. The predicted molar refractivity (Wildman–Crippen MR) is 99.5 cm³/mol. The lowest BCUT2D eigenvalue weighted by Gasteiger charge is -2.34. The van der Waals surface area contributed by atoms with Crippen molar-refractivity contribution in [3.63, 3.8) is 0 Å². The molecule has 1 aliphatic rings. The number of thiazole rings is 1. The summed E-state index contributed by atoms with van der Waals surface area (Å²) < 4.78 is 19.3. The molecule has 1 aromatic heterocycles. The third-order valence-corrected chi connectivity index (χ3v) is 6.33. The number of benzene rings is 1. The number of rotatable bonds is 3. The van der Waals surface area contributed by atoms with Crippen LogP contribution in [-0.4, -0.2) is 28.3 Å². The van der Waals surface area contributed by atoms with Gasteiger partial charge in [0.05, 0.1) is 21.0 Å². The topological polar surface area (TPSA) is 57.3 Å². The maximum Gasteiger partial charge on any atom is 0.242 e. The first-order chi connectivity index (χ1) is 11.4. The van der Waals surface area contributed by atoms with Gasteiger partial charge in [-0.1, -0.05) is 11.6 Å². The average Bonchev–Trinajstić information content (AvgIpc) is 2.98. The van der Waals surface area contributed by atoms with Crippen LogP contribution in [-0.2, 0) is 4.79 Å². The van der Waals surface area contributed by atoms with Crippen LogP contribution in [0, 0.1) is 5.82 Å². The van der Waals surface area contributed by atoms with Crippen molar-refractivity contribution in [3.05, 3.63) is 44.0 Å². The molecule has 3 rings (SSSR count). The van der Waals surface area contributed by atoms with E-state index >= 15 is 0 Å². The fourth-order valence-electron chi connectivity index (χ4n) is 2.28. The van der Waals surface area contributed by atoms with Gasteiger partial charge in [-0.25, -0.2) is 18.4 Å². The second kappa shape index (κ2) is 7.67. The zero-order valence-electron chi connectivity index (χ0n) is 12.4. The molecule has 0 aliphatic carbocycles. The maximum absolute atomic E-state index is 13.2. The summed E-state index contributed by atoms with van der Waals surface area (Å²) in [5, 5.41) is 3.69. The largest absolute Gasteiger partial charge is 0.325 e. The van der Waals surface area contributed by atoms with Crippen molar-refractivity contribution in [1.29, 1.82) is 0 Å². The van der Waals surface area contributed by atoms with Gasteiger partial charge in [-0.2, -0.15) is 0 Å². The van der Waals surface area contributed by atoms with Crippen LogP contribution in [0.3, 0.4) is 0 Å². The zero-order valence-corrected chi connectivity index (χ0v) is 16.4. The molecule has 2 atom stereocenters. The second-order valence-electron chi connectivity index (χ2n) is 5.18. The van der Waals surface area contributed by atoms with Crippen molar-refractivity contribution in [2.24, 2.45) is 0 Å². The molecule has 2 heterocycles. The molecule has 0 radical (unpaired) electrons. The molecule has 5 nitrogen and oxygen atoms in total. The molecule has 0 unspecified atom stereocenters. The fourth-order valence-corrected chi connectivity index (χ4v) is 4.65. The summed E-state index contributed by atoms with van der Waals surface area (Å²) in [4.78, 5) is 16.9. The third-order valence-electron chi connectivity index (χ3n) is 3.52. The van der Waals surface area contributed by atoms with E-state index in [0.29, 0.717) is 12.1 Å². The SMILES string of the molecule is CN1SN[C@@H](c2ncc(Br)s2)C[C@@H]1C(=O)Nc1ccc(F)c(Cl)c1. The first kappa shape index (κ1) is 18.1. The average molecular weight is 452 g/mol. The molecule has 128 valence electrons. The van der Waals surface area contributed by atoms with Crippen LogP contribution in [0.5, 0.6) is 0 Å². The normalized spacial score (nSPS) is 21.7. The van der Waals surface area contributed by atoms with E-state index in [4.69, 9.17) is 11.6 Å². The van der Waals surface area contributed by atoms with Gasteiger partial charge in [-0.15, -0.1) is 11.3 Å². The first-order valence-corrected chi connectivity index (χ1v) is 9.72. The number of likely N-dealkylation sites (N-methyl/N-ethyl adjacent to an activating group) is 1. The van der Waals surface area contributed by atoms with Crippen LogP contribution < -0.4 is 10.0 Å². The smallest absolute Gasteiger partial charge is 0.242 e. The van der Waals surface area contributed by atoms with Crippen molar-refractivity contribution in [2.75, 3.05) is 12.4 Å². The lowest BCUT2D eigenvalue weighted by molar-refractivity contribution is -0.119. The standard InChI is InChI=1S/C14H13BrClFN4OS2/c1-21-11(5-10(20-24-21)14-18-6-12(15)23-14)13(22)19-7-2-3-9(17)8(16)4-7/h2-4,6,10-11,20H,5H2,1H3,(H,19,22)/t10-,11-/m1/s1. The zero-order chi connectivity index (χ0) is 17.3. The van der Waals surface area contributed by atoms with Gasteiger partial charge in [-0.3, -0.25) is 4.79 Å². The molecule has 1 saturated heterocycles. The Morgan fingerprint density at radius 1 is 1.58 bits per heavy atom. The van der Waals surface area contributed by atoms with Crippen LogP contribution in [0.15, 0.2) is 28.2 Å². The molecule has 1 amide bonds. The summed E-state index contributed by atoms with van der Waals surface area (Å²) in [5.41, 5.74) is 0.469. The number of amides is 1. The van der Waals surface area contributed by atoms with E-state index in [-0.39, 0.29) is 23.0 Å². The maximum atomic E-state index is 13.2. The molecule has 0 spiro atoms. The minimum atomic E-state index is -0.515. The Kier molecular flexibility index (Phi) is 5.78. The van der Waals surface area contributed by atoms with Crippen LogP contribution in [0.2, 0.25) is 5.02 Å². The van der Waals surface area contributed by atoms with Crippen molar-refractivity contribution in [3.8, 4) is 0 Å². The van der Waals surface area contributed by atoms with E-state index in [0.717, 1.165) is 8.79 Å². The van der Waals surface area contributed by atoms with Crippen LogP contribution in [0.1, 0.15) is 17.5 Å². The summed E-state index contributed by atoms with van der Waals surface area (Å²) in [6.07, 6.45) is 2.32. The highest BCUT2D eigenvalue weighted by Gasteiger charge is 2.34. The van der Waals surface area contributed by atoms with Crippen molar-refractivity contribution >= 4 is 62.6 Å². The Balaban J connectivity index is 1.71. The Bertz CT molecular complexity index is 762. The molecule has 0 saturated carbocycles. The predicted octanol–water partition coefficient (Wildman–Crippen LogP) is 4.23. The minimum Gasteiger partial charge on any atom is -0.325 e. The summed E-state index contributed by atoms with van der Waals surface area (Å²) in [6.45, 7) is 0. The Morgan fingerprint density at radius 3 is 3.04 bits per heavy atom. The molecule has 1 aliphatic heterocycles. The second-order valence-corrected chi connectivity index (χ2v) is 9.02. The number of hydrogen-bond acceptors (Lipinski definition) is 6. The summed E-state index contributed by atoms with van der Waals surface area (Å²) >= 11 is 12.1. The Labute approximate surface area is 160 Å². The molecule has 24 heavy (non-hydrogen) atoms. The monoisotopic (exact) mass is 450 g/mol. The van der Waals surface area contributed by atoms with E-state index in [1.165, 1.54) is 41.7 Å². The van der Waals surface area contributed by atoms with Gasteiger partial charge in [0, 0.05) is 17.8 Å². The molecule has 2 N–H and O–H groups in total. The van der Waals surface area contributed by atoms with E-state index in [2.05, 4.69) is 31.0 Å². The highest BCUT2D eigenvalue weighted by molar-refractivity contribution is 9.11. The third kappa shape index (κ3) is 4.09. The van der Waals surface area contributed by atoms with E-state index < -0.39 is 5.82 Å². The number of halogens is 3. The number of anilines is 1. The molecule has 1 aromatic carbocycles. The number of nitrogens with one attached hydrogen (secondary N) is 2. The number of nitrogens with zero attached hydrogens (tertiary/aromatic N) is 2. The lowest BCUT2D eigenvalue weighted by Crippen LogP contribution is -2.46. The number of carbonyl (C=O) groups is 1. The molecular weight excluding hydrogens is 439 g/mol. The summed E-state index contributed by atoms with van der Waals surface area (Å²) in [7, 11) is 1.84. The van der Waals surface area contributed by atoms with Gasteiger partial charge in [-0.05, 0) is 47.6 Å². The number of hydrogen-bond donors (Lipinski definition) is 2. The highest BCUT2D eigenvalue weighted by Crippen LogP contribution is 2.34. The van der Waals surface area contributed by atoms with Gasteiger partial charge < -0.3 is 5.32 Å². The van der Waals surface area contributed by atoms with Crippen molar-refractivity contribution in [1.82, 2.24) is 14.0 Å². The highest BCUT2D eigenvalue weighted by atomic mass is 79.9. The Morgan fingerprint density at radius 2 is 2.38 bits per heavy atom. The molecule has 1 fully saturated rings. The quantitative estimate of drug-likeness (QED) is 0.684. The molecule has 2 aromatic rings.